The third kappa shape index (κ3) is 2.15. The van der Waals surface area contributed by atoms with Crippen molar-refractivity contribution in [3.8, 4) is 0 Å². The van der Waals surface area contributed by atoms with E-state index in [1.807, 2.05) is 19.3 Å². The normalized spacial score (nSPS) is 10.0. The van der Waals surface area contributed by atoms with Crippen LogP contribution in [0.4, 0.5) is 11.4 Å². The van der Waals surface area contributed by atoms with E-state index in [-0.39, 0.29) is 0 Å². The minimum absolute atomic E-state index is 1.10. The van der Waals surface area contributed by atoms with E-state index in [9.17, 15) is 0 Å². The van der Waals surface area contributed by atoms with Crippen molar-refractivity contribution in [1.82, 2.24) is 4.98 Å². The molecule has 0 N–H and O–H groups in total. The molecule has 76 valence electrons. The zero-order valence-corrected chi connectivity index (χ0v) is 9.01. The molecule has 2 rings (SSSR count). The van der Waals surface area contributed by atoms with Gasteiger partial charge in [-0.1, -0.05) is 12.1 Å². The van der Waals surface area contributed by atoms with E-state index >= 15 is 0 Å². The summed E-state index contributed by atoms with van der Waals surface area (Å²) in [5.74, 6) is 0. The molecule has 0 bridgehead atoms. The van der Waals surface area contributed by atoms with Gasteiger partial charge in [-0.2, -0.15) is 0 Å². The number of nitrogens with zero attached hydrogens (tertiary/aromatic N) is 2. The third-order valence-corrected chi connectivity index (χ3v) is 2.42. The number of rotatable bonds is 2. The van der Waals surface area contributed by atoms with Crippen molar-refractivity contribution in [2.24, 2.45) is 0 Å². The SMILES string of the molecule is Cc1cccc(N(C)c2cccnc2)c1. The largest absolute Gasteiger partial charge is 0.343 e. The number of aryl methyl sites for hydroxylation is 1. The number of hydrogen-bond donors (Lipinski definition) is 0. The summed E-state index contributed by atoms with van der Waals surface area (Å²) in [5.41, 5.74) is 3.55. The smallest absolute Gasteiger partial charge is 0.0594 e. The molecule has 0 aliphatic carbocycles. The summed E-state index contributed by atoms with van der Waals surface area (Å²) in [5, 5.41) is 0. The van der Waals surface area contributed by atoms with E-state index in [1.54, 1.807) is 6.20 Å². The van der Waals surface area contributed by atoms with E-state index in [4.69, 9.17) is 0 Å². The zero-order chi connectivity index (χ0) is 10.7. The van der Waals surface area contributed by atoms with Crippen molar-refractivity contribution in [3.05, 3.63) is 54.4 Å². The maximum Gasteiger partial charge on any atom is 0.0594 e. The van der Waals surface area contributed by atoms with E-state index in [2.05, 4.69) is 47.1 Å². The molecule has 0 fully saturated rings. The highest BCUT2D eigenvalue weighted by molar-refractivity contribution is 5.61. The number of anilines is 2. The van der Waals surface area contributed by atoms with Gasteiger partial charge in [0.05, 0.1) is 11.9 Å². The standard InChI is InChI=1S/C13H14N2/c1-11-5-3-6-12(9-11)15(2)13-7-4-8-14-10-13/h3-10H,1-2H3. The minimum Gasteiger partial charge on any atom is -0.343 e. The Bertz CT molecular complexity index is 437. The number of pyridine rings is 1. The molecule has 1 aromatic heterocycles. The minimum atomic E-state index is 1.10. The summed E-state index contributed by atoms with van der Waals surface area (Å²) in [6.07, 6.45) is 3.65. The molecule has 0 saturated carbocycles. The molecule has 0 radical (unpaired) electrons. The molecule has 0 aliphatic rings. The highest BCUT2D eigenvalue weighted by Gasteiger charge is 2.02. The lowest BCUT2D eigenvalue weighted by Gasteiger charge is -2.19. The van der Waals surface area contributed by atoms with Gasteiger partial charge in [-0.3, -0.25) is 4.98 Å². The zero-order valence-electron chi connectivity index (χ0n) is 9.01. The lowest BCUT2D eigenvalue weighted by molar-refractivity contribution is 1.17. The second-order valence-corrected chi connectivity index (χ2v) is 3.61. The molecule has 0 saturated heterocycles. The van der Waals surface area contributed by atoms with Crippen LogP contribution in [0.2, 0.25) is 0 Å². The first-order chi connectivity index (χ1) is 7.27. The van der Waals surface area contributed by atoms with Crippen LogP contribution in [0.15, 0.2) is 48.8 Å². The summed E-state index contributed by atoms with van der Waals surface area (Å²) in [6.45, 7) is 2.10. The molecule has 2 aromatic rings. The van der Waals surface area contributed by atoms with Crippen LogP contribution in [0.1, 0.15) is 5.56 Å². The van der Waals surface area contributed by atoms with Crippen LogP contribution >= 0.6 is 0 Å². The van der Waals surface area contributed by atoms with Gasteiger partial charge in [0, 0.05) is 18.9 Å². The Hall–Kier alpha value is -1.83. The highest BCUT2D eigenvalue weighted by atomic mass is 15.1. The van der Waals surface area contributed by atoms with Crippen molar-refractivity contribution in [2.45, 2.75) is 6.92 Å². The predicted molar refractivity (Wildman–Crippen MR) is 63.5 cm³/mol. The van der Waals surface area contributed by atoms with Crippen molar-refractivity contribution in [1.29, 1.82) is 0 Å². The molecule has 2 heteroatoms. The van der Waals surface area contributed by atoms with Crippen molar-refractivity contribution < 1.29 is 0 Å². The second kappa shape index (κ2) is 4.13. The first-order valence-electron chi connectivity index (χ1n) is 4.98. The number of aromatic nitrogens is 1. The molecule has 0 unspecified atom stereocenters. The third-order valence-electron chi connectivity index (χ3n) is 2.42. The topological polar surface area (TPSA) is 16.1 Å². The van der Waals surface area contributed by atoms with Gasteiger partial charge in [0.1, 0.15) is 0 Å². The van der Waals surface area contributed by atoms with Gasteiger partial charge in [0.15, 0.2) is 0 Å². The van der Waals surface area contributed by atoms with Crippen LogP contribution in [0.5, 0.6) is 0 Å². The van der Waals surface area contributed by atoms with E-state index in [0.29, 0.717) is 0 Å². The predicted octanol–water partition coefficient (Wildman–Crippen LogP) is 3.16. The fourth-order valence-corrected chi connectivity index (χ4v) is 1.54. The summed E-state index contributed by atoms with van der Waals surface area (Å²) in [6, 6.07) is 12.4. The van der Waals surface area contributed by atoms with Crippen molar-refractivity contribution in [2.75, 3.05) is 11.9 Å². The molecule has 15 heavy (non-hydrogen) atoms. The number of hydrogen-bond acceptors (Lipinski definition) is 2. The second-order valence-electron chi connectivity index (χ2n) is 3.61. The van der Waals surface area contributed by atoms with Crippen LogP contribution in [0, 0.1) is 6.92 Å². The Balaban J connectivity index is 2.32. The average molecular weight is 198 g/mol. The first-order valence-corrected chi connectivity index (χ1v) is 4.98. The molecule has 0 aliphatic heterocycles. The Morgan fingerprint density at radius 1 is 1.07 bits per heavy atom. The summed E-state index contributed by atoms with van der Waals surface area (Å²) in [4.78, 5) is 6.24. The number of benzene rings is 1. The fourth-order valence-electron chi connectivity index (χ4n) is 1.54. The lowest BCUT2D eigenvalue weighted by atomic mass is 10.2. The van der Waals surface area contributed by atoms with Gasteiger partial charge >= 0.3 is 0 Å². The van der Waals surface area contributed by atoms with Crippen LogP contribution in [-0.4, -0.2) is 12.0 Å². The molecule has 0 spiro atoms. The fraction of sp³-hybridized carbons (Fsp3) is 0.154. The summed E-state index contributed by atoms with van der Waals surface area (Å²) in [7, 11) is 2.05. The maximum atomic E-state index is 4.11. The summed E-state index contributed by atoms with van der Waals surface area (Å²) >= 11 is 0. The molecule has 1 heterocycles. The highest BCUT2D eigenvalue weighted by Crippen LogP contribution is 2.22. The van der Waals surface area contributed by atoms with Crippen molar-refractivity contribution >= 4 is 11.4 Å². The Morgan fingerprint density at radius 2 is 1.87 bits per heavy atom. The molecular weight excluding hydrogens is 184 g/mol. The van der Waals surface area contributed by atoms with E-state index in [1.165, 1.54) is 11.3 Å². The summed E-state index contributed by atoms with van der Waals surface area (Å²) < 4.78 is 0. The quantitative estimate of drug-likeness (QED) is 0.736. The lowest BCUT2D eigenvalue weighted by Crippen LogP contribution is -2.09. The Kier molecular flexibility index (Phi) is 2.68. The van der Waals surface area contributed by atoms with Gasteiger partial charge in [-0.15, -0.1) is 0 Å². The average Bonchev–Trinajstić information content (AvgIpc) is 2.29. The van der Waals surface area contributed by atoms with Gasteiger partial charge in [0.25, 0.3) is 0 Å². The van der Waals surface area contributed by atoms with Gasteiger partial charge in [-0.25, -0.2) is 0 Å². The van der Waals surface area contributed by atoms with Gasteiger partial charge in [0.2, 0.25) is 0 Å². The van der Waals surface area contributed by atoms with Crippen LogP contribution in [0.25, 0.3) is 0 Å². The Morgan fingerprint density at radius 3 is 2.53 bits per heavy atom. The maximum absolute atomic E-state index is 4.11. The van der Waals surface area contributed by atoms with Crippen LogP contribution < -0.4 is 4.90 Å². The molecular formula is C13H14N2. The molecule has 0 atom stereocenters. The van der Waals surface area contributed by atoms with Crippen LogP contribution in [-0.2, 0) is 0 Å². The van der Waals surface area contributed by atoms with Gasteiger partial charge < -0.3 is 4.90 Å². The van der Waals surface area contributed by atoms with Crippen LogP contribution in [0.3, 0.4) is 0 Å². The van der Waals surface area contributed by atoms with E-state index < -0.39 is 0 Å². The Labute approximate surface area is 90.2 Å². The molecule has 0 amide bonds. The molecule has 2 nitrogen and oxygen atoms in total. The van der Waals surface area contributed by atoms with E-state index in [0.717, 1.165) is 5.69 Å². The molecule has 1 aromatic carbocycles. The first kappa shape index (κ1) is 9.71. The monoisotopic (exact) mass is 198 g/mol. The van der Waals surface area contributed by atoms with Crippen molar-refractivity contribution in [3.63, 3.8) is 0 Å². The van der Waals surface area contributed by atoms with Gasteiger partial charge in [-0.05, 0) is 36.8 Å².